The number of sulfonamides is 1. The van der Waals surface area contributed by atoms with E-state index >= 15 is 0 Å². The molecule has 1 rings (SSSR count). The van der Waals surface area contributed by atoms with E-state index in [1.54, 1.807) is 30.3 Å². The predicted octanol–water partition coefficient (Wildman–Crippen LogP) is 1.58. The lowest BCUT2D eigenvalue weighted by Crippen LogP contribution is -2.36. The van der Waals surface area contributed by atoms with E-state index in [1.165, 1.54) is 15.6 Å². The van der Waals surface area contributed by atoms with Crippen LogP contribution in [0.3, 0.4) is 0 Å². The summed E-state index contributed by atoms with van der Waals surface area (Å²) in [5.74, 6) is 0.776. The van der Waals surface area contributed by atoms with Gasteiger partial charge in [-0.2, -0.15) is 16.1 Å². The van der Waals surface area contributed by atoms with E-state index in [1.807, 2.05) is 13.2 Å². The molecule has 1 aromatic rings. The summed E-state index contributed by atoms with van der Waals surface area (Å²) < 4.78 is 26.1. The minimum absolute atomic E-state index is 0.0273. The topological polar surface area (TPSA) is 63.4 Å². The first-order valence-corrected chi connectivity index (χ1v) is 8.90. The summed E-state index contributed by atoms with van der Waals surface area (Å²) >= 11 is 3.02. The summed E-state index contributed by atoms with van der Waals surface area (Å²) in [5, 5.41) is 1.77. The van der Waals surface area contributed by atoms with E-state index in [-0.39, 0.29) is 12.6 Å². The Kier molecular flexibility index (Phi) is 5.46. The van der Waals surface area contributed by atoms with Crippen LogP contribution < -0.4 is 5.73 Å². The van der Waals surface area contributed by atoms with E-state index in [0.717, 1.165) is 5.75 Å². The lowest BCUT2D eigenvalue weighted by molar-refractivity contribution is 0.415. The molecule has 0 saturated carbocycles. The molecule has 17 heavy (non-hydrogen) atoms. The molecular formula is C10H18N2O2S3. The van der Waals surface area contributed by atoms with Crippen molar-refractivity contribution in [1.29, 1.82) is 0 Å². The standard InChI is InChI=1S/C10H18N2O2S3/c1-8(7-15-3)12(2)17(13,14)10-4-5-16-9(10)6-11/h4-5,8H,6-7,11H2,1-3H3. The SMILES string of the molecule is CSCC(C)N(C)S(=O)(=O)c1ccsc1CN. The second-order valence-electron chi connectivity index (χ2n) is 3.74. The molecule has 2 N–H and O–H groups in total. The average molecular weight is 294 g/mol. The van der Waals surface area contributed by atoms with E-state index in [9.17, 15) is 8.42 Å². The quantitative estimate of drug-likeness (QED) is 0.865. The molecule has 1 aromatic heterocycles. The lowest BCUT2D eigenvalue weighted by atomic mass is 10.4. The van der Waals surface area contributed by atoms with Crippen LogP contribution in [0.5, 0.6) is 0 Å². The highest BCUT2D eigenvalue weighted by Gasteiger charge is 2.27. The number of hydrogen-bond acceptors (Lipinski definition) is 5. The summed E-state index contributed by atoms with van der Waals surface area (Å²) in [7, 11) is -1.79. The lowest BCUT2D eigenvalue weighted by Gasteiger charge is -2.23. The number of nitrogens with two attached hydrogens (primary N) is 1. The van der Waals surface area contributed by atoms with Gasteiger partial charge in [-0.3, -0.25) is 0 Å². The Bertz CT molecular complexity index is 456. The van der Waals surface area contributed by atoms with E-state index in [4.69, 9.17) is 5.73 Å². The van der Waals surface area contributed by atoms with E-state index in [2.05, 4.69) is 0 Å². The fourth-order valence-electron chi connectivity index (χ4n) is 1.45. The molecule has 0 amide bonds. The Morgan fingerprint density at radius 1 is 1.59 bits per heavy atom. The van der Waals surface area contributed by atoms with Crippen molar-refractivity contribution in [2.45, 2.75) is 24.4 Å². The zero-order chi connectivity index (χ0) is 13.1. The maximum Gasteiger partial charge on any atom is 0.244 e. The van der Waals surface area contributed by atoms with Crippen molar-refractivity contribution in [3.05, 3.63) is 16.3 Å². The van der Waals surface area contributed by atoms with Crippen molar-refractivity contribution in [2.24, 2.45) is 5.73 Å². The molecule has 0 radical (unpaired) electrons. The normalized spacial score (nSPS) is 14.2. The third-order valence-electron chi connectivity index (χ3n) is 2.58. The van der Waals surface area contributed by atoms with Crippen molar-refractivity contribution in [1.82, 2.24) is 4.31 Å². The van der Waals surface area contributed by atoms with Gasteiger partial charge < -0.3 is 5.73 Å². The van der Waals surface area contributed by atoms with Gasteiger partial charge in [-0.1, -0.05) is 0 Å². The molecule has 0 saturated heterocycles. The number of rotatable bonds is 6. The van der Waals surface area contributed by atoms with Crippen LogP contribution in [0, 0.1) is 0 Å². The van der Waals surface area contributed by atoms with Crippen LogP contribution >= 0.6 is 23.1 Å². The number of thiophene rings is 1. The second kappa shape index (κ2) is 6.19. The summed E-state index contributed by atoms with van der Waals surface area (Å²) in [4.78, 5) is 1.06. The van der Waals surface area contributed by atoms with Crippen LogP contribution in [0.25, 0.3) is 0 Å². The van der Waals surface area contributed by atoms with Gasteiger partial charge in [0.05, 0.1) is 4.90 Å². The van der Waals surface area contributed by atoms with Gasteiger partial charge in [-0.15, -0.1) is 11.3 Å². The van der Waals surface area contributed by atoms with Crippen LogP contribution in [0.4, 0.5) is 0 Å². The van der Waals surface area contributed by atoms with Crippen molar-refractivity contribution < 1.29 is 8.42 Å². The van der Waals surface area contributed by atoms with Gasteiger partial charge in [0.25, 0.3) is 0 Å². The Morgan fingerprint density at radius 3 is 2.76 bits per heavy atom. The molecule has 0 bridgehead atoms. The summed E-state index contributed by atoms with van der Waals surface area (Å²) in [6.45, 7) is 2.17. The molecule has 98 valence electrons. The Hall–Kier alpha value is -0.0800. The third kappa shape index (κ3) is 3.23. The molecule has 4 nitrogen and oxygen atoms in total. The minimum Gasteiger partial charge on any atom is -0.326 e. The first-order chi connectivity index (χ1) is 7.95. The fourth-order valence-corrected chi connectivity index (χ4v) is 4.91. The first kappa shape index (κ1) is 15.0. The van der Waals surface area contributed by atoms with Crippen LogP contribution in [-0.4, -0.2) is 37.8 Å². The van der Waals surface area contributed by atoms with Gasteiger partial charge in [-0.25, -0.2) is 8.42 Å². The molecule has 1 heterocycles. The van der Waals surface area contributed by atoms with Gasteiger partial charge in [0.2, 0.25) is 10.0 Å². The van der Waals surface area contributed by atoms with Crippen molar-refractivity contribution in [3.8, 4) is 0 Å². The molecule has 1 atom stereocenters. The molecule has 0 aliphatic rings. The molecule has 0 aliphatic carbocycles. The van der Waals surface area contributed by atoms with Crippen LogP contribution in [-0.2, 0) is 16.6 Å². The van der Waals surface area contributed by atoms with Gasteiger partial charge in [0, 0.05) is 30.3 Å². The highest BCUT2D eigenvalue weighted by Crippen LogP contribution is 2.25. The molecule has 0 aliphatic heterocycles. The summed E-state index contributed by atoms with van der Waals surface area (Å²) in [6.07, 6.45) is 1.97. The molecular weight excluding hydrogens is 276 g/mol. The molecule has 0 spiro atoms. The largest absolute Gasteiger partial charge is 0.326 e. The van der Waals surface area contributed by atoms with E-state index in [0.29, 0.717) is 9.77 Å². The van der Waals surface area contributed by atoms with Gasteiger partial charge in [-0.05, 0) is 24.6 Å². The summed E-state index contributed by atoms with van der Waals surface area (Å²) in [6, 6.07) is 1.60. The van der Waals surface area contributed by atoms with Crippen LogP contribution in [0.1, 0.15) is 11.8 Å². The third-order valence-corrected chi connectivity index (χ3v) is 6.52. The minimum atomic E-state index is -3.41. The Balaban J connectivity index is 3.03. The fraction of sp³-hybridized carbons (Fsp3) is 0.600. The maximum atomic E-state index is 12.4. The molecule has 7 heteroatoms. The monoisotopic (exact) mass is 294 g/mol. The van der Waals surface area contributed by atoms with Gasteiger partial charge >= 0.3 is 0 Å². The van der Waals surface area contributed by atoms with E-state index < -0.39 is 10.0 Å². The van der Waals surface area contributed by atoms with Crippen LogP contribution in [0.2, 0.25) is 0 Å². The highest BCUT2D eigenvalue weighted by molar-refractivity contribution is 7.98. The maximum absolute atomic E-state index is 12.4. The second-order valence-corrected chi connectivity index (χ2v) is 7.62. The van der Waals surface area contributed by atoms with Gasteiger partial charge in [0.1, 0.15) is 0 Å². The number of hydrogen-bond donors (Lipinski definition) is 1. The predicted molar refractivity (Wildman–Crippen MR) is 75.0 cm³/mol. The van der Waals surface area contributed by atoms with Crippen molar-refractivity contribution in [2.75, 3.05) is 19.1 Å². The first-order valence-electron chi connectivity index (χ1n) is 5.18. The molecule has 1 unspecified atom stereocenters. The Morgan fingerprint density at radius 2 is 2.24 bits per heavy atom. The number of thioether (sulfide) groups is 1. The van der Waals surface area contributed by atoms with Gasteiger partial charge in [0.15, 0.2) is 0 Å². The smallest absolute Gasteiger partial charge is 0.244 e. The molecule has 0 fully saturated rings. The zero-order valence-electron chi connectivity index (χ0n) is 10.2. The molecule has 0 aromatic carbocycles. The van der Waals surface area contributed by atoms with Crippen molar-refractivity contribution in [3.63, 3.8) is 0 Å². The summed E-state index contributed by atoms with van der Waals surface area (Å²) in [5.41, 5.74) is 5.55. The Labute approximate surface area is 111 Å². The van der Waals surface area contributed by atoms with Crippen LogP contribution in [0.15, 0.2) is 16.3 Å². The van der Waals surface area contributed by atoms with Crippen molar-refractivity contribution >= 4 is 33.1 Å². The zero-order valence-corrected chi connectivity index (χ0v) is 12.7. The highest BCUT2D eigenvalue weighted by atomic mass is 32.2. The average Bonchev–Trinajstić information content (AvgIpc) is 2.76. The number of nitrogens with zero attached hydrogens (tertiary/aromatic N) is 1.